The SMILES string of the molecule is O=C(O)c1csc(CN(C2CC2)C2CCc3ccccc32)n1. The zero-order chi connectivity index (χ0) is 15.1. The van der Waals surface area contributed by atoms with Gasteiger partial charge in [0.15, 0.2) is 5.69 Å². The highest BCUT2D eigenvalue weighted by Gasteiger charge is 2.37. The minimum atomic E-state index is -0.938. The largest absolute Gasteiger partial charge is 0.476 e. The van der Waals surface area contributed by atoms with Crippen LogP contribution < -0.4 is 0 Å². The molecule has 1 heterocycles. The van der Waals surface area contributed by atoms with Crippen LogP contribution in [0.25, 0.3) is 0 Å². The van der Waals surface area contributed by atoms with Gasteiger partial charge in [0.1, 0.15) is 5.01 Å². The van der Waals surface area contributed by atoms with E-state index in [1.807, 2.05) is 0 Å². The van der Waals surface area contributed by atoms with E-state index in [2.05, 4.69) is 34.1 Å². The van der Waals surface area contributed by atoms with Gasteiger partial charge in [0.25, 0.3) is 0 Å². The maximum Gasteiger partial charge on any atom is 0.355 e. The van der Waals surface area contributed by atoms with Gasteiger partial charge in [0, 0.05) is 17.5 Å². The van der Waals surface area contributed by atoms with Gasteiger partial charge in [-0.15, -0.1) is 11.3 Å². The van der Waals surface area contributed by atoms with E-state index in [0.717, 1.165) is 24.4 Å². The van der Waals surface area contributed by atoms with E-state index in [1.54, 1.807) is 5.38 Å². The average molecular weight is 314 g/mol. The minimum Gasteiger partial charge on any atom is -0.476 e. The molecule has 1 atom stereocenters. The van der Waals surface area contributed by atoms with Gasteiger partial charge in [-0.05, 0) is 36.8 Å². The molecule has 0 amide bonds. The quantitative estimate of drug-likeness (QED) is 0.918. The van der Waals surface area contributed by atoms with Gasteiger partial charge >= 0.3 is 5.97 Å². The Hall–Kier alpha value is -1.72. The fourth-order valence-electron chi connectivity index (χ4n) is 3.42. The molecular weight excluding hydrogens is 296 g/mol. The number of carboxylic acid groups (broad SMARTS) is 1. The summed E-state index contributed by atoms with van der Waals surface area (Å²) < 4.78 is 0. The maximum absolute atomic E-state index is 11.0. The first-order valence-electron chi connectivity index (χ1n) is 7.73. The number of nitrogens with zero attached hydrogens (tertiary/aromatic N) is 2. The highest BCUT2D eigenvalue weighted by molar-refractivity contribution is 7.09. The average Bonchev–Trinajstić information content (AvgIpc) is 3.09. The van der Waals surface area contributed by atoms with Crippen molar-refractivity contribution in [3.05, 3.63) is 51.5 Å². The number of aromatic nitrogens is 1. The molecule has 2 aliphatic carbocycles. The van der Waals surface area contributed by atoms with Gasteiger partial charge in [0.05, 0.1) is 6.54 Å². The monoisotopic (exact) mass is 314 g/mol. The van der Waals surface area contributed by atoms with Gasteiger partial charge in [-0.3, -0.25) is 4.90 Å². The topological polar surface area (TPSA) is 53.4 Å². The number of hydrogen-bond donors (Lipinski definition) is 1. The first-order chi connectivity index (χ1) is 10.7. The number of aryl methyl sites for hydroxylation is 1. The number of carbonyl (C=O) groups is 1. The van der Waals surface area contributed by atoms with Gasteiger partial charge < -0.3 is 5.11 Å². The number of thiazole rings is 1. The van der Waals surface area contributed by atoms with E-state index in [4.69, 9.17) is 5.11 Å². The number of carboxylic acids is 1. The highest BCUT2D eigenvalue weighted by Crippen LogP contribution is 2.42. The molecule has 114 valence electrons. The van der Waals surface area contributed by atoms with Crippen LogP contribution >= 0.6 is 11.3 Å². The summed E-state index contributed by atoms with van der Waals surface area (Å²) >= 11 is 1.46. The molecule has 1 fully saturated rings. The van der Waals surface area contributed by atoms with Crippen molar-refractivity contribution >= 4 is 17.3 Å². The van der Waals surface area contributed by atoms with Crippen molar-refractivity contribution in [3.63, 3.8) is 0 Å². The number of rotatable bonds is 5. The predicted octanol–water partition coefficient (Wildman–Crippen LogP) is 3.49. The number of benzene rings is 1. The Morgan fingerprint density at radius 2 is 2.14 bits per heavy atom. The summed E-state index contributed by atoms with van der Waals surface area (Å²) in [6.45, 7) is 0.765. The fraction of sp³-hybridized carbons (Fsp3) is 0.412. The number of hydrogen-bond acceptors (Lipinski definition) is 4. The molecule has 0 saturated heterocycles. The van der Waals surface area contributed by atoms with Crippen molar-refractivity contribution in [2.24, 2.45) is 0 Å². The van der Waals surface area contributed by atoms with E-state index in [0.29, 0.717) is 12.1 Å². The molecule has 0 spiro atoms. The Balaban J connectivity index is 1.58. The van der Waals surface area contributed by atoms with Crippen molar-refractivity contribution in [1.29, 1.82) is 0 Å². The molecule has 5 heteroatoms. The zero-order valence-electron chi connectivity index (χ0n) is 12.2. The third kappa shape index (κ3) is 2.55. The second kappa shape index (κ2) is 5.48. The summed E-state index contributed by atoms with van der Waals surface area (Å²) in [6, 6.07) is 9.80. The van der Waals surface area contributed by atoms with Gasteiger partial charge in [-0.2, -0.15) is 0 Å². The lowest BCUT2D eigenvalue weighted by molar-refractivity contribution is 0.0691. The maximum atomic E-state index is 11.0. The Morgan fingerprint density at radius 3 is 2.86 bits per heavy atom. The van der Waals surface area contributed by atoms with Crippen molar-refractivity contribution < 1.29 is 9.90 Å². The summed E-state index contributed by atoms with van der Waals surface area (Å²) in [4.78, 5) is 17.8. The zero-order valence-corrected chi connectivity index (χ0v) is 13.1. The summed E-state index contributed by atoms with van der Waals surface area (Å²) in [6.07, 6.45) is 4.79. The second-order valence-electron chi connectivity index (χ2n) is 6.09. The van der Waals surface area contributed by atoms with Crippen LogP contribution in [0.5, 0.6) is 0 Å². The molecule has 4 rings (SSSR count). The molecule has 2 aromatic rings. The molecule has 1 saturated carbocycles. The van der Waals surface area contributed by atoms with Crippen LogP contribution in [0.2, 0.25) is 0 Å². The van der Waals surface area contributed by atoms with E-state index < -0.39 is 5.97 Å². The molecule has 0 radical (unpaired) electrons. The smallest absolute Gasteiger partial charge is 0.355 e. The molecule has 0 aliphatic heterocycles. The van der Waals surface area contributed by atoms with Crippen LogP contribution in [0.15, 0.2) is 29.6 Å². The predicted molar refractivity (Wildman–Crippen MR) is 85.1 cm³/mol. The normalized spacial score (nSPS) is 20.3. The number of aromatic carboxylic acids is 1. The first kappa shape index (κ1) is 13.9. The van der Waals surface area contributed by atoms with Crippen LogP contribution in [-0.2, 0) is 13.0 Å². The molecule has 1 N–H and O–H groups in total. The van der Waals surface area contributed by atoms with Gasteiger partial charge in [-0.1, -0.05) is 24.3 Å². The van der Waals surface area contributed by atoms with Crippen LogP contribution in [0.3, 0.4) is 0 Å². The Kier molecular flexibility index (Phi) is 3.47. The first-order valence-corrected chi connectivity index (χ1v) is 8.61. The lowest BCUT2D eigenvalue weighted by Gasteiger charge is -2.28. The standard InChI is InChI=1S/C17H18N2O2S/c20-17(21)14-10-22-16(18-14)9-19(12-6-7-12)15-8-5-11-3-1-2-4-13(11)15/h1-4,10,12,15H,5-9H2,(H,20,21). The van der Waals surface area contributed by atoms with Crippen LogP contribution in [0.1, 0.15) is 51.9 Å². The third-order valence-electron chi connectivity index (χ3n) is 4.61. The molecule has 22 heavy (non-hydrogen) atoms. The van der Waals surface area contributed by atoms with Crippen molar-refractivity contribution in [2.75, 3.05) is 0 Å². The minimum absolute atomic E-state index is 0.169. The second-order valence-corrected chi connectivity index (χ2v) is 7.03. The van der Waals surface area contributed by atoms with Gasteiger partial charge in [0.2, 0.25) is 0 Å². The lowest BCUT2D eigenvalue weighted by atomic mass is 10.1. The van der Waals surface area contributed by atoms with Crippen LogP contribution in [-0.4, -0.2) is 27.0 Å². The van der Waals surface area contributed by atoms with E-state index in [1.165, 1.54) is 35.3 Å². The van der Waals surface area contributed by atoms with Crippen molar-refractivity contribution in [1.82, 2.24) is 9.88 Å². The van der Waals surface area contributed by atoms with E-state index >= 15 is 0 Å². The highest BCUT2D eigenvalue weighted by atomic mass is 32.1. The van der Waals surface area contributed by atoms with Crippen LogP contribution in [0.4, 0.5) is 0 Å². The summed E-state index contributed by atoms with van der Waals surface area (Å²) in [5, 5.41) is 11.6. The fourth-order valence-corrected chi connectivity index (χ4v) is 4.19. The molecule has 1 aromatic carbocycles. The van der Waals surface area contributed by atoms with Crippen LogP contribution in [0, 0.1) is 0 Å². The molecule has 4 nitrogen and oxygen atoms in total. The summed E-state index contributed by atoms with van der Waals surface area (Å²) in [5.74, 6) is -0.938. The van der Waals surface area contributed by atoms with Gasteiger partial charge in [-0.25, -0.2) is 9.78 Å². The Labute approximate surface area is 133 Å². The Bertz CT molecular complexity index is 708. The third-order valence-corrected chi connectivity index (χ3v) is 5.44. The Morgan fingerprint density at radius 1 is 1.32 bits per heavy atom. The molecule has 0 bridgehead atoms. The molecule has 1 unspecified atom stereocenters. The van der Waals surface area contributed by atoms with E-state index in [9.17, 15) is 4.79 Å². The molecule has 2 aliphatic rings. The molecule has 1 aromatic heterocycles. The van der Waals surface area contributed by atoms with E-state index in [-0.39, 0.29) is 5.69 Å². The van der Waals surface area contributed by atoms with Crippen molar-refractivity contribution in [2.45, 2.75) is 44.3 Å². The summed E-state index contributed by atoms with van der Waals surface area (Å²) in [7, 11) is 0. The lowest BCUT2D eigenvalue weighted by Crippen LogP contribution is -2.29. The van der Waals surface area contributed by atoms with Crippen molar-refractivity contribution in [3.8, 4) is 0 Å². The summed E-state index contributed by atoms with van der Waals surface area (Å²) in [5.41, 5.74) is 3.08. The number of fused-ring (bicyclic) bond motifs is 1. The molecular formula is C17H18N2O2S.